The molecule has 0 bridgehead atoms. The van der Waals surface area contributed by atoms with Gasteiger partial charge in [-0.1, -0.05) is 0 Å². The lowest BCUT2D eigenvalue weighted by Crippen LogP contribution is -2.65. The first-order valence-electron chi connectivity index (χ1n) is 10.8. The fourth-order valence-electron chi connectivity index (χ4n) is 5.74. The number of alkyl halides is 14. The van der Waals surface area contributed by atoms with E-state index in [1.807, 2.05) is 0 Å². The number of hydrogen-bond acceptors (Lipinski definition) is 1. The molecule has 0 spiro atoms. The van der Waals surface area contributed by atoms with Crippen LogP contribution in [0.4, 0.5) is 0 Å². The molecule has 0 amide bonds. The largest absolute Gasteiger partial charge is 0.481 e. The van der Waals surface area contributed by atoms with Crippen LogP contribution in [-0.4, -0.2) is 86.4 Å². The van der Waals surface area contributed by atoms with Gasteiger partial charge in [-0.15, -0.1) is 162 Å². The molecule has 0 radical (unpaired) electrons. The Kier molecular flexibility index (Phi) is 12.7. The van der Waals surface area contributed by atoms with Crippen LogP contribution in [0.1, 0.15) is 0 Å². The lowest BCUT2D eigenvalue weighted by Gasteiger charge is -2.56. The molecule has 3 fully saturated rings. The van der Waals surface area contributed by atoms with Crippen molar-refractivity contribution in [1.29, 1.82) is 0 Å². The summed E-state index contributed by atoms with van der Waals surface area (Å²) in [6.07, 6.45) is 0. The predicted molar refractivity (Wildman–Crippen MR) is 160 cm³/mol. The number of hydrogen-bond donors (Lipinski definition) is 1. The minimum atomic E-state index is -1.23. The highest BCUT2D eigenvalue weighted by molar-refractivity contribution is 6.43. The maximum atomic E-state index is 11.9. The molecule has 3 rings (SSSR count). The maximum absolute atomic E-state index is 11.9. The molecule has 3 aliphatic rings. The number of aliphatic carboxylic acids is 1. The Hall–Kier alpha value is 3.53. The molecule has 0 aliphatic heterocycles. The van der Waals surface area contributed by atoms with E-state index in [2.05, 4.69) is 0 Å². The standard InChI is InChI=1S/C20H20Cl14O2/c21-6-2(7(22)13(28)5(12(6)27)20(35)36)1(3-8(23)14(29)18(33)15(30)9(3)24)4-10(25)16(31)19(34)17(32)11(4)26/h1-19H,(H,35,36). The van der Waals surface area contributed by atoms with E-state index in [-0.39, 0.29) is 0 Å². The van der Waals surface area contributed by atoms with Gasteiger partial charge in [-0.25, -0.2) is 0 Å². The fourth-order valence-corrected chi connectivity index (χ4v) is 12.2. The molecular formula is C20H20Cl14O2. The van der Waals surface area contributed by atoms with E-state index < -0.39 is 111 Å². The van der Waals surface area contributed by atoms with Crippen LogP contribution in [0.15, 0.2) is 0 Å². The summed E-state index contributed by atoms with van der Waals surface area (Å²) in [5.74, 6) is -5.45. The van der Waals surface area contributed by atoms with E-state index >= 15 is 0 Å². The van der Waals surface area contributed by atoms with Crippen LogP contribution in [0.2, 0.25) is 0 Å². The molecule has 3 aliphatic carbocycles. The van der Waals surface area contributed by atoms with E-state index in [0.717, 1.165) is 0 Å². The van der Waals surface area contributed by atoms with Crippen molar-refractivity contribution in [2.24, 2.45) is 29.6 Å². The number of carboxylic acid groups (broad SMARTS) is 1. The highest BCUT2D eigenvalue weighted by atomic mass is 35.5. The first-order chi connectivity index (χ1) is 16.6. The summed E-state index contributed by atoms with van der Waals surface area (Å²) in [6, 6.07) is 0. The molecule has 12 atom stereocenters. The van der Waals surface area contributed by atoms with E-state index in [9.17, 15) is 9.90 Å². The zero-order valence-electron chi connectivity index (χ0n) is 17.6. The van der Waals surface area contributed by atoms with E-state index in [0.29, 0.717) is 0 Å². The Morgan fingerprint density at radius 1 is 0.389 bits per heavy atom. The number of rotatable bonds is 4. The molecule has 2 nitrogen and oxygen atoms in total. The monoisotopic (exact) mass is 782 g/mol. The van der Waals surface area contributed by atoms with Crippen LogP contribution in [0, 0.1) is 29.6 Å². The Balaban J connectivity index is 2.19. The Bertz CT molecular complexity index is 708. The Morgan fingerprint density at radius 2 is 0.583 bits per heavy atom. The van der Waals surface area contributed by atoms with Gasteiger partial charge in [-0.2, -0.15) is 0 Å². The van der Waals surface area contributed by atoms with Gasteiger partial charge >= 0.3 is 5.97 Å². The molecule has 0 aromatic carbocycles. The quantitative estimate of drug-likeness (QED) is 0.290. The predicted octanol–water partition coefficient (Wildman–Crippen LogP) is 8.70. The second-order valence-corrected chi connectivity index (χ2v) is 16.5. The topological polar surface area (TPSA) is 37.3 Å². The molecule has 0 heterocycles. The van der Waals surface area contributed by atoms with Crippen molar-refractivity contribution in [2.75, 3.05) is 0 Å². The van der Waals surface area contributed by atoms with Crippen molar-refractivity contribution >= 4 is 168 Å². The molecule has 16 heteroatoms. The SMILES string of the molecule is O=C(O)C1C(Cl)C(Cl)C(C(C2C(Cl)C(Cl)C(Cl)C(Cl)C2Cl)C2C(Cl)C(Cl)C(Cl)C(Cl)C2Cl)C(Cl)C1Cl. The second kappa shape index (κ2) is 13.4. The number of carboxylic acids is 1. The maximum Gasteiger partial charge on any atom is 0.309 e. The van der Waals surface area contributed by atoms with Gasteiger partial charge in [0, 0.05) is 0 Å². The van der Waals surface area contributed by atoms with E-state index in [4.69, 9.17) is 162 Å². The minimum Gasteiger partial charge on any atom is -0.481 e. The van der Waals surface area contributed by atoms with Gasteiger partial charge < -0.3 is 5.11 Å². The molecule has 36 heavy (non-hydrogen) atoms. The van der Waals surface area contributed by atoms with Crippen molar-refractivity contribution in [3.63, 3.8) is 0 Å². The van der Waals surface area contributed by atoms with Crippen LogP contribution in [0.3, 0.4) is 0 Å². The van der Waals surface area contributed by atoms with Crippen molar-refractivity contribution < 1.29 is 9.90 Å². The lowest BCUT2D eigenvalue weighted by molar-refractivity contribution is -0.142. The normalized spacial score (nSPS) is 57.3. The van der Waals surface area contributed by atoms with Crippen LogP contribution < -0.4 is 0 Å². The average molecular weight is 789 g/mol. The van der Waals surface area contributed by atoms with Crippen LogP contribution in [-0.2, 0) is 4.79 Å². The molecule has 0 aromatic heterocycles. The van der Waals surface area contributed by atoms with Crippen LogP contribution in [0.5, 0.6) is 0 Å². The third-order valence-electron chi connectivity index (χ3n) is 7.55. The summed E-state index contributed by atoms with van der Waals surface area (Å²) >= 11 is 93.7. The zero-order chi connectivity index (χ0) is 27.5. The fraction of sp³-hybridized carbons (Fsp3) is 0.950. The van der Waals surface area contributed by atoms with E-state index in [1.165, 1.54) is 0 Å². The lowest BCUT2D eigenvalue weighted by atomic mass is 9.59. The van der Waals surface area contributed by atoms with Gasteiger partial charge in [0.1, 0.15) is 0 Å². The minimum absolute atomic E-state index is 0.720. The average Bonchev–Trinajstić information content (AvgIpc) is 2.82. The van der Waals surface area contributed by atoms with Gasteiger partial charge in [0.25, 0.3) is 0 Å². The summed E-state index contributed by atoms with van der Waals surface area (Å²) in [4.78, 5) is 11.9. The smallest absolute Gasteiger partial charge is 0.309 e. The van der Waals surface area contributed by atoms with Crippen molar-refractivity contribution in [1.82, 2.24) is 0 Å². The van der Waals surface area contributed by atoms with E-state index in [1.54, 1.807) is 0 Å². The first-order valence-corrected chi connectivity index (χ1v) is 16.9. The summed E-state index contributed by atoms with van der Waals surface area (Å²) in [7, 11) is 0. The van der Waals surface area contributed by atoms with Gasteiger partial charge in [0.15, 0.2) is 0 Å². The third-order valence-corrected chi connectivity index (χ3v) is 16.6. The van der Waals surface area contributed by atoms with Crippen molar-refractivity contribution in [3.05, 3.63) is 0 Å². The van der Waals surface area contributed by atoms with Gasteiger partial charge in [-0.05, 0) is 23.7 Å². The van der Waals surface area contributed by atoms with Crippen molar-refractivity contribution in [2.45, 2.75) is 75.3 Å². The third kappa shape index (κ3) is 5.98. The van der Waals surface area contributed by atoms with Gasteiger partial charge in [0.2, 0.25) is 0 Å². The molecule has 210 valence electrons. The van der Waals surface area contributed by atoms with Crippen LogP contribution >= 0.6 is 162 Å². The molecular weight excluding hydrogens is 769 g/mol. The van der Waals surface area contributed by atoms with Gasteiger partial charge in [0.05, 0.1) is 81.2 Å². The van der Waals surface area contributed by atoms with Crippen LogP contribution in [0.25, 0.3) is 0 Å². The Morgan fingerprint density at radius 3 is 0.806 bits per heavy atom. The second-order valence-electron chi connectivity index (χ2n) is 9.40. The number of halogens is 14. The highest BCUT2D eigenvalue weighted by Gasteiger charge is 2.63. The summed E-state index contributed by atoms with van der Waals surface area (Å²) < 4.78 is 0. The number of carbonyl (C=O) groups is 1. The summed E-state index contributed by atoms with van der Waals surface area (Å²) in [5.41, 5.74) is 0. The zero-order valence-corrected chi connectivity index (χ0v) is 28.2. The molecule has 0 saturated heterocycles. The highest BCUT2D eigenvalue weighted by Crippen LogP contribution is 2.58. The van der Waals surface area contributed by atoms with Crippen molar-refractivity contribution in [3.8, 4) is 0 Å². The molecule has 12 unspecified atom stereocenters. The molecule has 3 saturated carbocycles. The Labute approximate surface area is 280 Å². The van der Waals surface area contributed by atoms with Gasteiger partial charge in [-0.3, -0.25) is 4.79 Å². The molecule has 0 aromatic rings. The summed E-state index contributed by atoms with van der Waals surface area (Å²) in [6.45, 7) is 0. The first kappa shape index (κ1) is 34.0. The molecule has 1 N–H and O–H groups in total. The summed E-state index contributed by atoms with van der Waals surface area (Å²) in [5, 5.41) is -2.59.